The molecule has 0 saturated carbocycles. The zero-order valence-corrected chi connectivity index (χ0v) is 15.3. The average Bonchev–Trinajstić information content (AvgIpc) is 3.00. The smallest absolute Gasteiger partial charge is 0.356 e. The summed E-state index contributed by atoms with van der Waals surface area (Å²) >= 11 is 18.2. The number of rotatable bonds is 4. The Morgan fingerprint density at radius 2 is 1.68 bits per heavy atom. The van der Waals surface area contributed by atoms with Crippen LogP contribution in [0.3, 0.4) is 0 Å². The lowest BCUT2D eigenvalue weighted by Crippen LogP contribution is -2.11. The van der Waals surface area contributed by atoms with Crippen LogP contribution in [0.15, 0.2) is 48.5 Å². The molecule has 3 aromatic rings. The van der Waals surface area contributed by atoms with Gasteiger partial charge in [0.1, 0.15) is 0 Å². The Bertz CT molecular complexity index is 936. The van der Waals surface area contributed by atoms with E-state index in [0.29, 0.717) is 20.8 Å². The highest BCUT2D eigenvalue weighted by molar-refractivity contribution is 6.35. The second-order valence-corrected chi connectivity index (χ2v) is 6.79. The molecule has 1 atom stereocenters. The Labute approximate surface area is 159 Å². The molecule has 0 bridgehead atoms. The molecule has 0 aliphatic rings. The van der Waals surface area contributed by atoms with Crippen LogP contribution in [0.5, 0.6) is 0 Å². The highest BCUT2D eigenvalue weighted by Crippen LogP contribution is 2.32. The van der Waals surface area contributed by atoms with E-state index in [1.54, 1.807) is 28.9 Å². The van der Waals surface area contributed by atoms with E-state index in [-0.39, 0.29) is 11.7 Å². The van der Waals surface area contributed by atoms with Crippen molar-refractivity contribution in [3.05, 3.63) is 74.9 Å². The molecular weight excluding hydrogens is 383 g/mol. The van der Waals surface area contributed by atoms with Crippen molar-refractivity contribution in [3.8, 4) is 11.3 Å². The first-order valence-corrected chi connectivity index (χ1v) is 8.54. The van der Waals surface area contributed by atoms with Crippen molar-refractivity contribution in [2.24, 2.45) is 0 Å². The minimum atomic E-state index is -1.09. The largest absolute Gasteiger partial charge is 0.476 e. The van der Waals surface area contributed by atoms with Crippen LogP contribution >= 0.6 is 34.8 Å². The summed E-state index contributed by atoms with van der Waals surface area (Å²) in [4.78, 5) is 11.4. The molecule has 3 rings (SSSR count). The summed E-state index contributed by atoms with van der Waals surface area (Å²) in [6.07, 6.45) is 0. The maximum absolute atomic E-state index is 11.4. The van der Waals surface area contributed by atoms with E-state index in [9.17, 15) is 9.90 Å². The summed E-state index contributed by atoms with van der Waals surface area (Å²) < 4.78 is 1.64. The van der Waals surface area contributed by atoms with E-state index in [4.69, 9.17) is 34.8 Å². The summed E-state index contributed by atoms with van der Waals surface area (Å²) in [7, 11) is 0. The zero-order chi connectivity index (χ0) is 18.1. The van der Waals surface area contributed by atoms with Crippen LogP contribution in [0, 0.1) is 0 Å². The first kappa shape index (κ1) is 17.8. The monoisotopic (exact) mass is 394 g/mol. The van der Waals surface area contributed by atoms with Gasteiger partial charge >= 0.3 is 5.97 Å². The molecule has 1 aromatic heterocycles. The summed E-state index contributed by atoms with van der Waals surface area (Å²) in [5.74, 6) is -1.09. The lowest BCUT2D eigenvalue weighted by atomic mass is 10.1. The molecule has 0 amide bonds. The first-order valence-electron chi connectivity index (χ1n) is 7.40. The van der Waals surface area contributed by atoms with E-state index < -0.39 is 5.97 Å². The van der Waals surface area contributed by atoms with Crippen LogP contribution in [-0.4, -0.2) is 20.9 Å². The number of nitrogens with zero attached hydrogens (tertiary/aromatic N) is 2. The fraction of sp³-hybridized carbons (Fsp3) is 0.111. The Morgan fingerprint density at radius 1 is 1.04 bits per heavy atom. The molecular formula is C18H13Cl3N2O2. The van der Waals surface area contributed by atoms with Crippen molar-refractivity contribution in [2.45, 2.75) is 13.0 Å². The Balaban J connectivity index is 2.13. The van der Waals surface area contributed by atoms with Gasteiger partial charge in [-0.3, -0.25) is 4.68 Å². The average molecular weight is 396 g/mol. The van der Waals surface area contributed by atoms with Crippen molar-refractivity contribution < 1.29 is 9.90 Å². The van der Waals surface area contributed by atoms with E-state index in [1.807, 2.05) is 25.1 Å². The molecule has 1 N–H and O–H groups in total. The van der Waals surface area contributed by atoms with Gasteiger partial charge in [-0.05, 0) is 48.4 Å². The fourth-order valence-corrected chi connectivity index (χ4v) is 3.29. The van der Waals surface area contributed by atoms with Crippen LogP contribution in [0.4, 0.5) is 0 Å². The molecule has 7 heteroatoms. The Morgan fingerprint density at radius 3 is 2.28 bits per heavy atom. The molecule has 1 heterocycles. The second kappa shape index (κ2) is 7.08. The van der Waals surface area contributed by atoms with Gasteiger partial charge in [0, 0.05) is 15.1 Å². The molecule has 0 aliphatic carbocycles. The quantitative estimate of drug-likeness (QED) is 0.606. The predicted molar refractivity (Wildman–Crippen MR) is 99.9 cm³/mol. The molecule has 128 valence electrons. The van der Waals surface area contributed by atoms with Gasteiger partial charge in [0.2, 0.25) is 0 Å². The van der Waals surface area contributed by atoms with Gasteiger partial charge in [-0.1, -0.05) is 53.0 Å². The zero-order valence-electron chi connectivity index (χ0n) is 13.1. The minimum Gasteiger partial charge on any atom is -0.476 e. The molecule has 4 nitrogen and oxygen atoms in total. The molecule has 0 radical (unpaired) electrons. The van der Waals surface area contributed by atoms with Gasteiger partial charge in [-0.25, -0.2) is 4.79 Å². The maximum Gasteiger partial charge on any atom is 0.356 e. The van der Waals surface area contributed by atoms with Crippen molar-refractivity contribution in [2.75, 3.05) is 0 Å². The highest BCUT2D eigenvalue weighted by Gasteiger charge is 2.21. The first-order chi connectivity index (χ1) is 11.9. The van der Waals surface area contributed by atoms with Crippen molar-refractivity contribution in [1.82, 2.24) is 9.78 Å². The number of carboxylic acid groups (broad SMARTS) is 1. The topological polar surface area (TPSA) is 55.1 Å². The summed E-state index contributed by atoms with van der Waals surface area (Å²) in [6.45, 7) is 1.90. The summed E-state index contributed by atoms with van der Waals surface area (Å²) in [6, 6.07) is 13.6. The van der Waals surface area contributed by atoms with Crippen LogP contribution < -0.4 is 0 Å². The molecule has 25 heavy (non-hydrogen) atoms. The van der Waals surface area contributed by atoms with Crippen molar-refractivity contribution in [3.63, 3.8) is 0 Å². The summed E-state index contributed by atoms with van der Waals surface area (Å²) in [5.41, 5.74) is 2.22. The van der Waals surface area contributed by atoms with Gasteiger partial charge in [0.05, 0.1) is 11.7 Å². The number of aromatic nitrogens is 2. The van der Waals surface area contributed by atoms with E-state index in [0.717, 1.165) is 11.1 Å². The van der Waals surface area contributed by atoms with Crippen molar-refractivity contribution in [1.29, 1.82) is 0 Å². The molecule has 0 aliphatic heterocycles. The summed E-state index contributed by atoms with van der Waals surface area (Å²) in [5, 5.41) is 15.2. The lowest BCUT2D eigenvalue weighted by molar-refractivity contribution is 0.0689. The maximum atomic E-state index is 11.4. The minimum absolute atomic E-state index is 0.0399. The van der Waals surface area contributed by atoms with Crippen LogP contribution in [-0.2, 0) is 0 Å². The van der Waals surface area contributed by atoms with Crippen LogP contribution in [0.1, 0.15) is 29.0 Å². The number of hydrogen-bond acceptors (Lipinski definition) is 2. The van der Waals surface area contributed by atoms with Gasteiger partial charge < -0.3 is 5.11 Å². The van der Waals surface area contributed by atoms with E-state index in [1.165, 1.54) is 6.07 Å². The third-order valence-corrected chi connectivity index (χ3v) is 4.69. The van der Waals surface area contributed by atoms with Crippen LogP contribution in [0.25, 0.3) is 11.3 Å². The lowest BCUT2D eigenvalue weighted by Gasteiger charge is -2.18. The number of carboxylic acids is 1. The number of benzene rings is 2. The second-order valence-electron chi connectivity index (χ2n) is 5.51. The van der Waals surface area contributed by atoms with Gasteiger partial charge in [-0.2, -0.15) is 5.10 Å². The van der Waals surface area contributed by atoms with E-state index >= 15 is 0 Å². The standard InChI is InChI=1S/C18H13Cl3N2O2/c1-10(14-7-6-13(20)8-15(14)21)23-17(9-16(22-23)18(24)25)11-2-4-12(19)5-3-11/h2-10H,1H3,(H,24,25). The molecule has 2 aromatic carbocycles. The highest BCUT2D eigenvalue weighted by atomic mass is 35.5. The van der Waals surface area contributed by atoms with E-state index in [2.05, 4.69) is 5.10 Å². The van der Waals surface area contributed by atoms with Crippen LogP contribution in [0.2, 0.25) is 15.1 Å². The Kier molecular flexibility index (Phi) is 5.04. The van der Waals surface area contributed by atoms with Crippen molar-refractivity contribution >= 4 is 40.8 Å². The third-order valence-electron chi connectivity index (χ3n) is 3.87. The molecule has 0 spiro atoms. The van der Waals surface area contributed by atoms with Gasteiger partial charge in [0.15, 0.2) is 5.69 Å². The SMILES string of the molecule is CC(c1ccc(Cl)cc1Cl)n1nc(C(=O)O)cc1-c1ccc(Cl)cc1. The Hall–Kier alpha value is -2.01. The number of aromatic carboxylic acids is 1. The fourth-order valence-electron chi connectivity index (χ4n) is 2.60. The van der Waals surface area contributed by atoms with Gasteiger partial charge in [0.25, 0.3) is 0 Å². The molecule has 0 saturated heterocycles. The number of halogens is 3. The number of carbonyl (C=O) groups is 1. The van der Waals surface area contributed by atoms with Gasteiger partial charge in [-0.15, -0.1) is 0 Å². The molecule has 0 fully saturated rings. The normalized spacial score (nSPS) is 12.2. The number of hydrogen-bond donors (Lipinski definition) is 1. The predicted octanol–water partition coefficient (Wildman–Crippen LogP) is 5.82. The molecule has 1 unspecified atom stereocenters. The third kappa shape index (κ3) is 3.66.